The number of nitriles is 1. The van der Waals surface area contributed by atoms with E-state index in [1.54, 1.807) is 0 Å². The third-order valence-electron chi connectivity index (χ3n) is 4.70. The molecule has 0 saturated heterocycles. The summed E-state index contributed by atoms with van der Waals surface area (Å²) in [4.78, 5) is 24.1. The van der Waals surface area contributed by atoms with Gasteiger partial charge in [0.15, 0.2) is 6.61 Å². The van der Waals surface area contributed by atoms with Crippen LogP contribution in [0.3, 0.4) is 0 Å². The predicted octanol–water partition coefficient (Wildman–Crippen LogP) is 1.25. The van der Waals surface area contributed by atoms with Crippen molar-refractivity contribution in [2.24, 2.45) is 0 Å². The Bertz CT molecular complexity index is 870. The quantitative estimate of drug-likeness (QED) is 0.601. The Morgan fingerprint density at radius 1 is 1.21 bits per heavy atom. The fourth-order valence-electron chi connectivity index (χ4n) is 3.09. The van der Waals surface area contributed by atoms with Crippen molar-refractivity contribution in [2.75, 3.05) is 13.7 Å². The Hall–Kier alpha value is -2.64. The van der Waals surface area contributed by atoms with E-state index in [1.165, 1.54) is 38.3 Å². The highest BCUT2D eigenvalue weighted by molar-refractivity contribution is 7.89. The molecule has 1 aromatic carbocycles. The molecule has 1 aromatic rings. The van der Waals surface area contributed by atoms with Crippen molar-refractivity contribution in [3.05, 3.63) is 24.3 Å². The Kier molecular flexibility index (Phi) is 7.59. The van der Waals surface area contributed by atoms with E-state index >= 15 is 0 Å². The Morgan fingerprint density at radius 3 is 2.38 bits per heavy atom. The molecule has 0 unspecified atom stereocenters. The van der Waals surface area contributed by atoms with Gasteiger partial charge in [-0.1, -0.05) is 19.3 Å². The van der Waals surface area contributed by atoms with E-state index in [9.17, 15) is 23.3 Å². The number of nitrogens with one attached hydrogen (secondary N) is 2. The number of carbonyl (C=O) groups excluding carboxylic acids is 2. The van der Waals surface area contributed by atoms with E-state index < -0.39 is 40.1 Å². The van der Waals surface area contributed by atoms with E-state index in [-0.39, 0.29) is 4.90 Å². The largest absolute Gasteiger partial charge is 0.497 e. The van der Waals surface area contributed by atoms with Crippen molar-refractivity contribution in [3.63, 3.8) is 0 Å². The maximum absolute atomic E-state index is 12.4. The topological polar surface area (TPSA) is 135 Å². The van der Waals surface area contributed by atoms with E-state index in [0.717, 1.165) is 19.3 Å². The number of sulfonamides is 1. The molecule has 0 radical (unpaired) electrons. The van der Waals surface area contributed by atoms with Crippen molar-refractivity contribution in [2.45, 2.75) is 55.5 Å². The molecule has 10 heteroatoms. The van der Waals surface area contributed by atoms with Crippen molar-refractivity contribution in [3.8, 4) is 11.8 Å². The highest BCUT2D eigenvalue weighted by Crippen LogP contribution is 2.27. The van der Waals surface area contributed by atoms with Gasteiger partial charge in [-0.15, -0.1) is 0 Å². The Morgan fingerprint density at radius 2 is 1.83 bits per heavy atom. The molecule has 1 amide bonds. The minimum atomic E-state index is -3.95. The van der Waals surface area contributed by atoms with Gasteiger partial charge in [-0.3, -0.25) is 9.59 Å². The lowest BCUT2D eigenvalue weighted by atomic mass is 9.83. The number of nitrogens with zero attached hydrogens (tertiary/aromatic N) is 1. The molecule has 1 aliphatic rings. The first-order valence-electron chi connectivity index (χ1n) is 9.27. The van der Waals surface area contributed by atoms with Crippen LogP contribution in [-0.2, 0) is 24.3 Å². The fraction of sp³-hybridized carbons (Fsp3) is 0.526. The number of methoxy groups -OCH3 is 1. The van der Waals surface area contributed by atoms with Gasteiger partial charge in [0.2, 0.25) is 10.0 Å². The van der Waals surface area contributed by atoms with Crippen molar-refractivity contribution >= 4 is 21.9 Å². The molecule has 2 rings (SSSR count). The van der Waals surface area contributed by atoms with Gasteiger partial charge in [-0.2, -0.15) is 9.98 Å². The summed E-state index contributed by atoms with van der Waals surface area (Å²) in [5.74, 6) is -0.991. The molecule has 1 saturated carbocycles. The van der Waals surface area contributed by atoms with E-state index in [4.69, 9.17) is 9.47 Å². The molecule has 29 heavy (non-hydrogen) atoms. The lowest BCUT2D eigenvalue weighted by Crippen LogP contribution is -2.50. The van der Waals surface area contributed by atoms with E-state index in [0.29, 0.717) is 18.6 Å². The maximum atomic E-state index is 12.4. The predicted molar refractivity (Wildman–Crippen MR) is 103 cm³/mol. The van der Waals surface area contributed by atoms with E-state index in [2.05, 4.69) is 16.1 Å². The molecule has 0 bridgehead atoms. The van der Waals surface area contributed by atoms with Gasteiger partial charge >= 0.3 is 5.97 Å². The van der Waals surface area contributed by atoms with Crippen molar-refractivity contribution in [1.82, 2.24) is 10.0 Å². The molecule has 158 valence electrons. The number of hydrogen-bond donors (Lipinski definition) is 2. The highest BCUT2D eigenvalue weighted by atomic mass is 32.2. The Balaban J connectivity index is 1.88. The number of hydrogen-bond acceptors (Lipinski definition) is 7. The SMILES string of the molecule is COc1ccc(S(=O)(=O)N[C@@H](C)C(=O)OCC(=O)NC2(C#N)CCCCC2)cc1. The van der Waals surface area contributed by atoms with Crippen LogP contribution < -0.4 is 14.8 Å². The van der Waals surface area contributed by atoms with Crippen LogP contribution in [0.4, 0.5) is 0 Å². The van der Waals surface area contributed by atoms with Crippen LogP contribution in [0.15, 0.2) is 29.2 Å². The average Bonchev–Trinajstić information content (AvgIpc) is 2.72. The number of esters is 1. The van der Waals surface area contributed by atoms with Gasteiger partial charge < -0.3 is 14.8 Å². The monoisotopic (exact) mass is 423 g/mol. The van der Waals surface area contributed by atoms with Crippen LogP contribution in [0.1, 0.15) is 39.0 Å². The molecule has 9 nitrogen and oxygen atoms in total. The normalized spacial score (nSPS) is 16.9. The van der Waals surface area contributed by atoms with Crippen LogP contribution in [0.5, 0.6) is 5.75 Å². The van der Waals surface area contributed by atoms with Gasteiger partial charge in [0.1, 0.15) is 17.3 Å². The summed E-state index contributed by atoms with van der Waals surface area (Å²) in [6, 6.07) is 6.60. The number of carbonyl (C=O) groups is 2. The number of ether oxygens (including phenoxy) is 2. The minimum Gasteiger partial charge on any atom is -0.497 e. The molecule has 1 fully saturated rings. The zero-order chi connectivity index (χ0) is 21.5. The molecule has 0 spiro atoms. The number of rotatable bonds is 8. The third kappa shape index (κ3) is 6.17. The summed E-state index contributed by atoms with van der Waals surface area (Å²) in [5, 5.41) is 12.0. The zero-order valence-corrected chi connectivity index (χ0v) is 17.3. The van der Waals surface area contributed by atoms with Crippen LogP contribution >= 0.6 is 0 Å². The first-order valence-corrected chi connectivity index (χ1v) is 10.7. The highest BCUT2D eigenvalue weighted by Gasteiger charge is 2.34. The average molecular weight is 423 g/mol. The second-order valence-electron chi connectivity index (χ2n) is 6.93. The maximum Gasteiger partial charge on any atom is 0.324 e. The Labute approximate surface area is 170 Å². The summed E-state index contributed by atoms with van der Waals surface area (Å²) in [6.07, 6.45) is 3.82. The molecule has 2 N–H and O–H groups in total. The van der Waals surface area contributed by atoms with Gasteiger partial charge in [0.05, 0.1) is 18.1 Å². The van der Waals surface area contributed by atoms with E-state index in [1.807, 2.05) is 0 Å². The molecule has 0 aliphatic heterocycles. The van der Waals surface area contributed by atoms with Gasteiger partial charge in [0, 0.05) is 0 Å². The van der Waals surface area contributed by atoms with Crippen molar-refractivity contribution in [1.29, 1.82) is 5.26 Å². The summed E-state index contributed by atoms with van der Waals surface area (Å²) >= 11 is 0. The van der Waals surface area contributed by atoms with Gasteiger partial charge in [-0.25, -0.2) is 8.42 Å². The molecular weight excluding hydrogens is 398 g/mol. The summed E-state index contributed by atoms with van der Waals surface area (Å²) in [5.41, 5.74) is -0.927. The third-order valence-corrected chi connectivity index (χ3v) is 6.26. The molecular formula is C19H25N3O6S. The first kappa shape index (κ1) is 22.6. The molecule has 0 heterocycles. The zero-order valence-electron chi connectivity index (χ0n) is 16.4. The van der Waals surface area contributed by atoms with Crippen LogP contribution in [0.2, 0.25) is 0 Å². The summed E-state index contributed by atoms with van der Waals surface area (Å²) < 4.78 is 36.8. The first-order chi connectivity index (χ1) is 13.7. The van der Waals surface area contributed by atoms with Gasteiger partial charge in [-0.05, 0) is 44.0 Å². The molecule has 1 atom stereocenters. The van der Waals surface area contributed by atoms with Crippen LogP contribution in [-0.4, -0.2) is 45.6 Å². The second-order valence-corrected chi connectivity index (χ2v) is 8.64. The smallest absolute Gasteiger partial charge is 0.324 e. The number of benzene rings is 1. The molecule has 1 aliphatic carbocycles. The summed E-state index contributed by atoms with van der Waals surface area (Å²) in [6.45, 7) is 0.732. The second kappa shape index (κ2) is 9.71. The van der Waals surface area contributed by atoms with Gasteiger partial charge in [0.25, 0.3) is 5.91 Å². The number of amides is 1. The fourth-order valence-corrected chi connectivity index (χ4v) is 4.28. The van der Waals surface area contributed by atoms with Crippen LogP contribution in [0, 0.1) is 11.3 Å². The van der Waals surface area contributed by atoms with Crippen LogP contribution in [0.25, 0.3) is 0 Å². The minimum absolute atomic E-state index is 0.0380. The summed E-state index contributed by atoms with van der Waals surface area (Å²) in [7, 11) is -2.49. The standard InChI is InChI=1S/C19H25N3O6S/c1-14(22-29(25,26)16-8-6-15(27-2)7-9-16)18(24)28-12-17(23)21-19(13-20)10-4-3-5-11-19/h6-9,14,22H,3-5,10-12H2,1-2H3,(H,21,23)/t14-/m0/s1. The van der Waals surface area contributed by atoms with Crippen molar-refractivity contribution < 1.29 is 27.5 Å². The lowest BCUT2D eigenvalue weighted by Gasteiger charge is -2.31. The molecule has 0 aromatic heterocycles. The lowest BCUT2D eigenvalue weighted by molar-refractivity contribution is -0.150.